The predicted molar refractivity (Wildman–Crippen MR) is 89.3 cm³/mol. The van der Waals surface area contributed by atoms with E-state index in [1.807, 2.05) is 19.9 Å². The number of amides is 1. The van der Waals surface area contributed by atoms with E-state index in [-0.39, 0.29) is 18.0 Å². The molecular weight excluding hydrogens is 308 g/mol. The normalized spacial score (nSPS) is 20.3. The molecule has 3 N–H and O–H groups in total. The van der Waals surface area contributed by atoms with Crippen LogP contribution in [0.3, 0.4) is 0 Å². The second-order valence-electron chi connectivity index (χ2n) is 6.35. The molecule has 1 saturated carbocycles. The van der Waals surface area contributed by atoms with E-state index in [1.165, 1.54) is 0 Å². The molecule has 1 unspecified atom stereocenters. The van der Waals surface area contributed by atoms with Gasteiger partial charge in [0.15, 0.2) is 5.82 Å². The number of carboxylic acid groups (broad SMARTS) is 1. The average Bonchev–Trinajstić information content (AvgIpc) is 3.17. The number of nitrogens with one attached hydrogen (secondary N) is 2. The van der Waals surface area contributed by atoms with Crippen molar-refractivity contribution in [1.29, 1.82) is 0 Å². The highest BCUT2D eigenvalue weighted by molar-refractivity contribution is 5.66. The Labute approximate surface area is 140 Å². The lowest BCUT2D eigenvalue weighted by atomic mass is 10.0. The molecule has 1 aliphatic rings. The molecule has 0 aromatic carbocycles. The Hall–Kier alpha value is -2.64. The molecule has 1 fully saturated rings. The van der Waals surface area contributed by atoms with Gasteiger partial charge < -0.3 is 15.3 Å². The Morgan fingerprint density at radius 3 is 2.79 bits per heavy atom. The van der Waals surface area contributed by atoms with E-state index in [0.717, 1.165) is 25.0 Å². The van der Waals surface area contributed by atoms with Gasteiger partial charge in [0.05, 0.1) is 0 Å². The molecule has 0 spiro atoms. The van der Waals surface area contributed by atoms with Gasteiger partial charge >= 0.3 is 6.09 Å². The topological polar surface area (TPSA) is 107 Å². The van der Waals surface area contributed by atoms with Crippen molar-refractivity contribution in [3.05, 3.63) is 30.2 Å². The minimum absolute atomic E-state index is 0.0135. The Kier molecular flexibility index (Phi) is 4.64. The third kappa shape index (κ3) is 3.47. The largest absolute Gasteiger partial charge is 0.465 e. The fourth-order valence-corrected chi connectivity index (χ4v) is 3.38. The number of rotatable bonds is 5. The summed E-state index contributed by atoms with van der Waals surface area (Å²) < 4.78 is 0. The summed E-state index contributed by atoms with van der Waals surface area (Å²) in [7, 11) is 0. The molecule has 2 heterocycles. The average molecular weight is 330 g/mol. The molecule has 8 heteroatoms. The Bertz CT molecular complexity index is 687. The third-order valence-corrected chi connectivity index (χ3v) is 4.42. The molecule has 1 aliphatic carbocycles. The minimum atomic E-state index is -0.844. The maximum Gasteiger partial charge on any atom is 0.407 e. The van der Waals surface area contributed by atoms with Crippen molar-refractivity contribution in [2.24, 2.45) is 0 Å². The van der Waals surface area contributed by atoms with Gasteiger partial charge in [0, 0.05) is 42.2 Å². The molecule has 128 valence electrons. The highest BCUT2D eigenvalue weighted by atomic mass is 16.4. The van der Waals surface area contributed by atoms with Gasteiger partial charge in [-0.3, -0.25) is 5.10 Å². The number of hydrogen-bond donors (Lipinski definition) is 3. The zero-order valence-corrected chi connectivity index (χ0v) is 13.8. The lowest BCUT2D eigenvalue weighted by Crippen LogP contribution is -2.42. The number of aromatic amines is 1. The zero-order valence-electron chi connectivity index (χ0n) is 13.8. The molecule has 1 amide bonds. The summed E-state index contributed by atoms with van der Waals surface area (Å²) in [5, 5.41) is 19.8. The van der Waals surface area contributed by atoms with Crippen LogP contribution in [0, 0.1) is 0 Å². The Morgan fingerprint density at radius 2 is 2.12 bits per heavy atom. The van der Waals surface area contributed by atoms with Gasteiger partial charge in [-0.2, -0.15) is 5.10 Å². The Balaban J connectivity index is 1.65. The number of hydrogen-bond acceptors (Lipinski definition) is 5. The fraction of sp³-hybridized carbons (Fsp3) is 0.500. The predicted octanol–water partition coefficient (Wildman–Crippen LogP) is 2.97. The summed E-state index contributed by atoms with van der Waals surface area (Å²) in [6.45, 7) is 3.83. The van der Waals surface area contributed by atoms with Gasteiger partial charge in [-0.25, -0.2) is 14.8 Å². The van der Waals surface area contributed by atoms with Crippen molar-refractivity contribution in [2.45, 2.75) is 51.1 Å². The van der Waals surface area contributed by atoms with Crippen LogP contribution in [0.2, 0.25) is 0 Å². The second kappa shape index (κ2) is 6.86. The molecule has 0 radical (unpaired) electrons. The van der Waals surface area contributed by atoms with Crippen LogP contribution in [0.15, 0.2) is 24.5 Å². The monoisotopic (exact) mass is 330 g/mol. The van der Waals surface area contributed by atoms with E-state index in [2.05, 4.69) is 25.5 Å². The number of nitrogens with zero attached hydrogens (tertiary/aromatic N) is 4. The summed E-state index contributed by atoms with van der Waals surface area (Å²) in [6, 6.07) is 3.75. The van der Waals surface area contributed by atoms with Crippen LogP contribution >= 0.6 is 0 Å². The second-order valence-corrected chi connectivity index (χ2v) is 6.35. The molecule has 0 saturated heterocycles. The van der Waals surface area contributed by atoms with E-state index in [1.54, 1.807) is 23.4 Å². The van der Waals surface area contributed by atoms with Crippen molar-refractivity contribution in [3.63, 3.8) is 0 Å². The van der Waals surface area contributed by atoms with E-state index >= 15 is 0 Å². The molecule has 3 rings (SSSR count). The first-order valence-electron chi connectivity index (χ1n) is 8.15. The van der Waals surface area contributed by atoms with Crippen molar-refractivity contribution >= 4 is 17.9 Å². The number of H-pyrrole nitrogens is 1. The smallest absolute Gasteiger partial charge is 0.407 e. The molecular formula is C16H22N6O2. The van der Waals surface area contributed by atoms with Crippen molar-refractivity contribution < 1.29 is 9.90 Å². The van der Waals surface area contributed by atoms with Crippen molar-refractivity contribution in [2.75, 3.05) is 5.32 Å². The third-order valence-electron chi connectivity index (χ3n) is 4.42. The first kappa shape index (κ1) is 16.2. The molecule has 2 aromatic rings. The van der Waals surface area contributed by atoms with E-state index in [9.17, 15) is 9.90 Å². The van der Waals surface area contributed by atoms with Crippen LogP contribution in [-0.4, -0.2) is 48.3 Å². The first-order chi connectivity index (χ1) is 11.5. The lowest BCUT2D eigenvalue weighted by molar-refractivity contribution is 0.108. The Morgan fingerprint density at radius 1 is 1.38 bits per heavy atom. The van der Waals surface area contributed by atoms with E-state index < -0.39 is 6.09 Å². The van der Waals surface area contributed by atoms with E-state index in [4.69, 9.17) is 0 Å². The molecule has 8 nitrogen and oxygen atoms in total. The van der Waals surface area contributed by atoms with Crippen LogP contribution in [0.25, 0.3) is 0 Å². The summed E-state index contributed by atoms with van der Waals surface area (Å²) in [5.41, 5.74) is 1.02. The summed E-state index contributed by atoms with van der Waals surface area (Å²) in [4.78, 5) is 21.2. The number of carbonyl (C=O) groups is 1. The van der Waals surface area contributed by atoms with Crippen LogP contribution in [0.4, 0.5) is 16.6 Å². The van der Waals surface area contributed by atoms with Crippen molar-refractivity contribution in [1.82, 2.24) is 25.1 Å². The fourth-order valence-electron chi connectivity index (χ4n) is 3.38. The SMILES string of the molecule is CC(C)N(C(=O)O)C1CC[C@H](c2cc(Nc3ncccn3)n[nH]2)C1. The maximum atomic E-state index is 11.5. The lowest BCUT2D eigenvalue weighted by Gasteiger charge is -2.30. The van der Waals surface area contributed by atoms with Crippen LogP contribution < -0.4 is 5.32 Å². The van der Waals surface area contributed by atoms with Crippen molar-refractivity contribution in [3.8, 4) is 0 Å². The molecule has 2 aromatic heterocycles. The maximum absolute atomic E-state index is 11.5. The standard InChI is InChI=1S/C16H22N6O2/c1-10(2)22(16(23)24)12-5-4-11(8-12)13-9-14(21-20-13)19-15-17-6-3-7-18-15/h3,6-7,9-12H,4-5,8H2,1-2H3,(H,23,24)(H2,17,18,19,20,21)/t11-,12?/m0/s1. The summed E-state index contributed by atoms with van der Waals surface area (Å²) in [5.74, 6) is 1.45. The summed E-state index contributed by atoms with van der Waals surface area (Å²) >= 11 is 0. The summed E-state index contributed by atoms with van der Waals surface area (Å²) in [6.07, 6.45) is 5.12. The first-order valence-corrected chi connectivity index (χ1v) is 8.15. The number of anilines is 2. The minimum Gasteiger partial charge on any atom is -0.465 e. The van der Waals surface area contributed by atoms with Gasteiger partial charge in [-0.1, -0.05) is 0 Å². The molecule has 0 aliphatic heterocycles. The quantitative estimate of drug-likeness (QED) is 0.778. The van der Waals surface area contributed by atoms with Gasteiger partial charge in [-0.05, 0) is 39.2 Å². The molecule has 24 heavy (non-hydrogen) atoms. The van der Waals surface area contributed by atoms with E-state index in [0.29, 0.717) is 11.8 Å². The van der Waals surface area contributed by atoms with Gasteiger partial charge in [0.2, 0.25) is 5.95 Å². The molecule has 0 bridgehead atoms. The van der Waals surface area contributed by atoms with Crippen LogP contribution in [0.5, 0.6) is 0 Å². The van der Waals surface area contributed by atoms with Crippen LogP contribution in [0.1, 0.15) is 44.7 Å². The van der Waals surface area contributed by atoms with Gasteiger partial charge in [-0.15, -0.1) is 0 Å². The highest BCUT2D eigenvalue weighted by Gasteiger charge is 2.34. The van der Waals surface area contributed by atoms with Crippen LogP contribution in [-0.2, 0) is 0 Å². The number of aromatic nitrogens is 4. The zero-order chi connectivity index (χ0) is 17.1. The molecule has 2 atom stereocenters. The van der Waals surface area contributed by atoms with Gasteiger partial charge in [0.1, 0.15) is 0 Å². The van der Waals surface area contributed by atoms with Gasteiger partial charge in [0.25, 0.3) is 0 Å². The highest BCUT2D eigenvalue weighted by Crippen LogP contribution is 2.37.